The van der Waals surface area contributed by atoms with E-state index in [0.29, 0.717) is 0 Å². The van der Waals surface area contributed by atoms with E-state index < -0.39 is 0 Å². The molecular formula is C21H25N3O2. The number of hydrogen-bond donors (Lipinski definition) is 2. The number of rotatable bonds is 3. The van der Waals surface area contributed by atoms with E-state index in [1.807, 2.05) is 18.2 Å². The lowest BCUT2D eigenvalue weighted by Gasteiger charge is -2.23. The van der Waals surface area contributed by atoms with Gasteiger partial charge in [0.15, 0.2) is 0 Å². The van der Waals surface area contributed by atoms with Gasteiger partial charge in [-0.15, -0.1) is 0 Å². The van der Waals surface area contributed by atoms with Gasteiger partial charge in [0.25, 0.3) is 11.5 Å². The van der Waals surface area contributed by atoms with Gasteiger partial charge in [-0.05, 0) is 55.0 Å². The summed E-state index contributed by atoms with van der Waals surface area (Å²) in [5, 5.41) is 3.05. The lowest BCUT2D eigenvalue weighted by molar-refractivity contribution is 0.0925. The number of hydrogen-bond acceptors (Lipinski definition) is 3. The molecular weight excluding hydrogens is 326 g/mol. The zero-order chi connectivity index (χ0) is 18.1. The lowest BCUT2D eigenvalue weighted by Crippen LogP contribution is -2.40. The number of nitrogen functional groups attached to an aromatic ring is 1. The van der Waals surface area contributed by atoms with Crippen molar-refractivity contribution < 1.29 is 4.79 Å². The van der Waals surface area contributed by atoms with Crippen LogP contribution in [0, 0.1) is 0 Å². The molecule has 1 saturated carbocycles. The molecule has 1 aromatic heterocycles. The molecule has 3 N–H and O–H groups in total. The molecule has 1 atom stereocenters. The second-order valence-corrected chi connectivity index (χ2v) is 7.41. The number of pyridine rings is 1. The van der Waals surface area contributed by atoms with Crippen LogP contribution in [0.1, 0.15) is 66.1 Å². The molecule has 136 valence electrons. The Morgan fingerprint density at radius 3 is 2.69 bits per heavy atom. The minimum atomic E-state index is -0.248. The van der Waals surface area contributed by atoms with E-state index >= 15 is 0 Å². The summed E-state index contributed by atoms with van der Waals surface area (Å²) in [5.41, 5.74) is 9.09. The monoisotopic (exact) mass is 351 g/mol. The highest BCUT2D eigenvalue weighted by atomic mass is 16.2. The highest BCUT2D eigenvalue weighted by Crippen LogP contribution is 2.36. The van der Waals surface area contributed by atoms with Gasteiger partial charge in [0.2, 0.25) is 0 Å². The second-order valence-electron chi connectivity index (χ2n) is 7.41. The van der Waals surface area contributed by atoms with Crippen molar-refractivity contribution in [2.75, 3.05) is 5.73 Å². The van der Waals surface area contributed by atoms with Crippen molar-refractivity contribution >= 4 is 11.6 Å². The quantitative estimate of drug-likeness (QED) is 0.835. The summed E-state index contributed by atoms with van der Waals surface area (Å²) in [7, 11) is 0. The maximum Gasteiger partial charge on any atom is 0.263 e. The summed E-state index contributed by atoms with van der Waals surface area (Å²) in [6, 6.07) is 9.42. The average molecular weight is 351 g/mol. The molecule has 4 rings (SSSR count). The van der Waals surface area contributed by atoms with Crippen LogP contribution < -0.4 is 16.6 Å². The number of nitrogens with zero attached hydrogens (tertiary/aromatic N) is 1. The van der Waals surface area contributed by atoms with Crippen LogP contribution in [-0.2, 0) is 6.42 Å². The number of benzene rings is 1. The summed E-state index contributed by atoms with van der Waals surface area (Å²) in [5.74, 6) is -0.248. The van der Waals surface area contributed by atoms with Crippen LogP contribution in [-0.4, -0.2) is 16.5 Å². The number of fused-ring (bicyclic) bond motifs is 1. The molecule has 1 aromatic carbocycles. The number of carbonyl (C=O) groups is 1. The van der Waals surface area contributed by atoms with Crippen LogP contribution in [0.2, 0.25) is 0 Å². The fraction of sp³-hybridized carbons (Fsp3) is 0.429. The molecule has 2 aliphatic rings. The van der Waals surface area contributed by atoms with Gasteiger partial charge in [-0.3, -0.25) is 9.59 Å². The van der Waals surface area contributed by atoms with Crippen molar-refractivity contribution in [1.82, 2.24) is 9.88 Å². The number of aromatic nitrogens is 1. The summed E-state index contributed by atoms with van der Waals surface area (Å²) in [6.07, 6.45) is 8.99. The van der Waals surface area contributed by atoms with Crippen LogP contribution in [0.4, 0.5) is 5.69 Å². The van der Waals surface area contributed by atoms with Crippen LogP contribution in [0.15, 0.2) is 41.3 Å². The molecule has 1 unspecified atom stereocenters. The van der Waals surface area contributed by atoms with Crippen molar-refractivity contribution in [3.05, 3.63) is 63.6 Å². The van der Waals surface area contributed by atoms with Gasteiger partial charge < -0.3 is 15.6 Å². The minimum Gasteiger partial charge on any atom is -0.398 e. The maximum atomic E-state index is 13.0. The Labute approximate surface area is 153 Å². The Kier molecular flexibility index (Phi) is 4.53. The van der Waals surface area contributed by atoms with Gasteiger partial charge in [-0.2, -0.15) is 0 Å². The average Bonchev–Trinajstić information content (AvgIpc) is 3.08. The van der Waals surface area contributed by atoms with E-state index in [0.717, 1.165) is 55.3 Å². The molecule has 1 amide bonds. The molecule has 1 fully saturated rings. The van der Waals surface area contributed by atoms with Gasteiger partial charge in [0.1, 0.15) is 5.56 Å². The third-order valence-electron chi connectivity index (χ3n) is 5.77. The van der Waals surface area contributed by atoms with Gasteiger partial charge in [0, 0.05) is 17.9 Å². The third kappa shape index (κ3) is 3.02. The van der Waals surface area contributed by atoms with E-state index in [-0.39, 0.29) is 29.1 Å². The second kappa shape index (κ2) is 6.98. The van der Waals surface area contributed by atoms with E-state index in [1.165, 1.54) is 6.42 Å². The first-order valence-corrected chi connectivity index (χ1v) is 9.54. The summed E-state index contributed by atoms with van der Waals surface area (Å²) in [4.78, 5) is 25.7. The van der Waals surface area contributed by atoms with Crippen LogP contribution >= 0.6 is 0 Å². The Hall–Kier alpha value is -2.56. The number of carbonyl (C=O) groups excluding carboxylic acids is 1. The zero-order valence-electron chi connectivity index (χ0n) is 14.9. The molecule has 0 radical (unpaired) electrons. The summed E-state index contributed by atoms with van der Waals surface area (Å²) < 4.78 is 1.70. The molecule has 2 aromatic rings. The van der Waals surface area contributed by atoms with Crippen molar-refractivity contribution in [3.8, 4) is 0 Å². The smallest absolute Gasteiger partial charge is 0.263 e. The zero-order valence-corrected chi connectivity index (χ0v) is 14.9. The molecule has 26 heavy (non-hydrogen) atoms. The molecule has 0 spiro atoms. The standard InChI is InChI=1S/C21H25N3O2/c22-18-10-4-8-16-15(18)11-12-19(16)24-13-5-9-17(21(24)26)20(25)23-14-6-2-1-3-7-14/h4-5,8-10,13-14,19H,1-3,6-7,11-12,22H2,(H,23,25). The van der Waals surface area contributed by atoms with Gasteiger partial charge in [0.05, 0.1) is 6.04 Å². The summed E-state index contributed by atoms with van der Waals surface area (Å²) >= 11 is 0. The van der Waals surface area contributed by atoms with Crippen LogP contribution in [0.3, 0.4) is 0 Å². The first-order chi connectivity index (χ1) is 12.6. The first-order valence-electron chi connectivity index (χ1n) is 9.54. The van der Waals surface area contributed by atoms with Gasteiger partial charge in [-0.25, -0.2) is 0 Å². The molecule has 5 nitrogen and oxygen atoms in total. The molecule has 0 aliphatic heterocycles. The topological polar surface area (TPSA) is 77.1 Å². The number of amides is 1. The normalized spacial score (nSPS) is 19.9. The number of nitrogens with two attached hydrogens (primary N) is 1. The molecule has 1 heterocycles. The molecule has 2 aliphatic carbocycles. The molecule has 5 heteroatoms. The Morgan fingerprint density at radius 2 is 1.88 bits per heavy atom. The number of nitrogens with one attached hydrogen (secondary N) is 1. The predicted molar refractivity (Wildman–Crippen MR) is 102 cm³/mol. The predicted octanol–water partition coefficient (Wildman–Crippen LogP) is 3.03. The largest absolute Gasteiger partial charge is 0.398 e. The van der Waals surface area contributed by atoms with Crippen LogP contribution in [0.5, 0.6) is 0 Å². The Morgan fingerprint density at radius 1 is 1.08 bits per heavy atom. The highest BCUT2D eigenvalue weighted by molar-refractivity contribution is 5.94. The highest BCUT2D eigenvalue weighted by Gasteiger charge is 2.27. The Balaban J connectivity index is 1.62. The van der Waals surface area contributed by atoms with Crippen molar-refractivity contribution in [1.29, 1.82) is 0 Å². The lowest BCUT2D eigenvalue weighted by atomic mass is 9.95. The SMILES string of the molecule is Nc1cccc2c1CCC2n1cccc(C(=O)NC2CCCCC2)c1=O. The van der Waals surface area contributed by atoms with E-state index in [2.05, 4.69) is 5.32 Å². The summed E-state index contributed by atoms with van der Waals surface area (Å²) in [6.45, 7) is 0. The van der Waals surface area contributed by atoms with E-state index in [1.54, 1.807) is 22.9 Å². The van der Waals surface area contributed by atoms with Crippen molar-refractivity contribution in [2.45, 2.75) is 57.0 Å². The minimum absolute atomic E-state index is 0.0524. The van der Waals surface area contributed by atoms with Crippen molar-refractivity contribution in [2.24, 2.45) is 0 Å². The van der Waals surface area contributed by atoms with E-state index in [9.17, 15) is 9.59 Å². The van der Waals surface area contributed by atoms with Gasteiger partial charge in [-0.1, -0.05) is 31.4 Å². The van der Waals surface area contributed by atoms with E-state index in [4.69, 9.17) is 5.73 Å². The molecule has 0 bridgehead atoms. The van der Waals surface area contributed by atoms with Crippen molar-refractivity contribution in [3.63, 3.8) is 0 Å². The first kappa shape index (κ1) is 16.9. The van der Waals surface area contributed by atoms with Gasteiger partial charge >= 0.3 is 0 Å². The molecule has 0 saturated heterocycles. The van der Waals surface area contributed by atoms with Crippen LogP contribution in [0.25, 0.3) is 0 Å². The maximum absolute atomic E-state index is 13.0. The number of anilines is 1. The fourth-order valence-electron chi connectivity index (χ4n) is 4.39. The Bertz CT molecular complexity index is 881. The third-order valence-corrected chi connectivity index (χ3v) is 5.77. The fourth-order valence-corrected chi connectivity index (χ4v) is 4.39.